The Labute approximate surface area is 161 Å². The molecule has 1 heterocycles. The van der Waals surface area contributed by atoms with Gasteiger partial charge in [-0.15, -0.1) is 0 Å². The predicted molar refractivity (Wildman–Crippen MR) is 104 cm³/mol. The Balaban J connectivity index is 1.67. The summed E-state index contributed by atoms with van der Waals surface area (Å²) in [6.07, 6.45) is 1.70. The molecule has 0 radical (unpaired) electrons. The van der Waals surface area contributed by atoms with Crippen molar-refractivity contribution in [1.82, 2.24) is 9.88 Å². The van der Waals surface area contributed by atoms with Crippen LogP contribution in [0.1, 0.15) is 11.3 Å². The molecule has 0 spiro atoms. The minimum absolute atomic E-state index is 0.607. The van der Waals surface area contributed by atoms with Gasteiger partial charge in [0.15, 0.2) is 0 Å². The van der Waals surface area contributed by atoms with Crippen LogP contribution >= 0.6 is 15.9 Å². The average molecular weight is 417 g/mol. The third kappa shape index (κ3) is 4.45. The molecule has 0 amide bonds. The fraction of sp³-hybridized carbons (Fsp3) is 0.250. The first kappa shape index (κ1) is 18.5. The summed E-state index contributed by atoms with van der Waals surface area (Å²) >= 11 is 3.51. The molecule has 0 aliphatic heterocycles. The van der Waals surface area contributed by atoms with E-state index in [4.69, 9.17) is 13.9 Å². The highest BCUT2D eigenvalue weighted by atomic mass is 79.9. The van der Waals surface area contributed by atoms with E-state index in [2.05, 4.69) is 31.9 Å². The number of methoxy groups -OCH3 is 2. The lowest BCUT2D eigenvalue weighted by Crippen LogP contribution is -2.18. The van der Waals surface area contributed by atoms with E-state index < -0.39 is 0 Å². The fourth-order valence-corrected chi connectivity index (χ4v) is 3.15. The lowest BCUT2D eigenvalue weighted by molar-refractivity contribution is 0.306. The summed E-state index contributed by atoms with van der Waals surface area (Å²) in [5.41, 5.74) is 2.92. The van der Waals surface area contributed by atoms with E-state index in [-0.39, 0.29) is 0 Å². The van der Waals surface area contributed by atoms with Crippen molar-refractivity contribution in [2.45, 2.75) is 13.1 Å². The molecule has 3 rings (SSSR count). The predicted octanol–water partition coefficient (Wildman–Crippen LogP) is 4.75. The molecule has 0 unspecified atom stereocenters. The molecule has 0 fully saturated rings. The average Bonchev–Trinajstić information content (AvgIpc) is 3.10. The zero-order chi connectivity index (χ0) is 18.5. The van der Waals surface area contributed by atoms with Gasteiger partial charge in [0.1, 0.15) is 17.8 Å². The number of hydrogen-bond acceptors (Lipinski definition) is 5. The number of aromatic nitrogens is 1. The maximum atomic E-state index is 5.63. The van der Waals surface area contributed by atoms with Gasteiger partial charge < -0.3 is 13.9 Å². The number of hydrogen-bond donors (Lipinski definition) is 0. The van der Waals surface area contributed by atoms with Crippen LogP contribution in [0.25, 0.3) is 11.5 Å². The smallest absolute Gasteiger partial charge is 0.226 e. The first-order valence-electron chi connectivity index (χ1n) is 8.19. The number of rotatable bonds is 7. The summed E-state index contributed by atoms with van der Waals surface area (Å²) in [7, 11) is 5.38. The third-order valence-electron chi connectivity index (χ3n) is 4.00. The molecular weight excluding hydrogens is 396 g/mol. The SMILES string of the molecule is COc1ccc(-c2nc(CN(C)Cc3cc(Br)ccc3OC)co2)cc1. The first-order chi connectivity index (χ1) is 12.6. The Morgan fingerprint density at radius 3 is 2.50 bits per heavy atom. The van der Waals surface area contributed by atoms with Gasteiger partial charge in [0.2, 0.25) is 5.89 Å². The number of nitrogens with zero attached hydrogens (tertiary/aromatic N) is 2. The van der Waals surface area contributed by atoms with Crippen LogP contribution in [0, 0.1) is 0 Å². The topological polar surface area (TPSA) is 47.7 Å². The molecule has 26 heavy (non-hydrogen) atoms. The summed E-state index contributed by atoms with van der Waals surface area (Å²) in [5.74, 6) is 2.29. The number of oxazole rings is 1. The standard InChI is InChI=1S/C20H21BrN2O3/c1-23(11-15-10-16(21)6-9-19(15)25-3)12-17-13-26-20(22-17)14-4-7-18(24-2)8-5-14/h4-10,13H,11-12H2,1-3H3. The summed E-state index contributed by atoms with van der Waals surface area (Å²) in [5, 5.41) is 0. The van der Waals surface area contributed by atoms with E-state index in [9.17, 15) is 0 Å². The Hall–Kier alpha value is -2.31. The van der Waals surface area contributed by atoms with Gasteiger partial charge in [0.05, 0.1) is 19.9 Å². The van der Waals surface area contributed by atoms with Crippen molar-refractivity contribution in [3.63, 3.8) is 0 Å². The van der Waals surface area contributed by atoms with Crippen LogP contribution < -0.4 is 9.47 Å². The second-order valence-corrected chi connectivity index (χ2v) is 6.92. The van der Waals surface area contributed by atoms with E-state index in [1.165, 1.54) is 0 Å². The number of halogens is 1. The van der Waals surface area contributed by atoms with E-state index in [1.54, 1.807) is 20.5 Å². The second kappa shape index (κ2) is 8.38. The van der Waals surface area contributed by atoms with Crippen LogP contribution in [0.15, 0.2) is 57.6 Å². The molecule has 0 atom stereocenters. The zero-order valence-corrected chi connectivity index (χ0v) is 16.6. The van der Waals surface area contributed by atoms with Crippen LogP contribution in [0.3, 0.4) is 0 Å². The van der Waals surface area contributed by atoms with E-state index in [1.807, 2.05) is 43.4 Å². The van der Waals surface area contributed by atoms with E-state index in [0.717, 1.165) is 39.3 Å². The van der Waals surface area contributed by atoms with E-state index in [0.29, 0.717) is 12.4 Å². The van der Waals surface area contributed by atoms with Crippen LogP contribution in [0.5, 0.6) is 11.5 Å². The monoisotopic (exact) mass is 416 g/mol. The molecule has 3 aromatic rings. The second-order valence-electron chi connectivity index (χ2n) is 6.00. The van der Waals surface area contributed by atoms with Crippen molar-refractivity contribution in [2.75, 3.05) is 21.3 Å². The summed E-state index contributed by atoms with van der Waals surface area (Å²) in [6, 6.07) is 13.7. The largest absolute Gasteiger partial charge is 0.497 e. The van der Waals surface area contributed by atoms with Crippen LogP contribution in [0.4, 0.5) is 0 Å². The number of ether oxygens (including phenoxy) is 2. The van der Waals surface area contributed by atoms with Crippen molar-refractivity contribution in [1.29, 1.82) is 0 Å². The van der Waals surface area contributed by atoms with Gasteiger partial charge in [-0.3, -0.25) is 4.90 Å². The minimum atomic E-state index is 0.607. The summed E-state index contributed by atoms with van der Waals surface area (Å²) < 4.78 is 17.3. The maximum absolute atomic E-state index is 5.63. The molecule has 0 N–H and O–H groups in total. The third-order valence-corrected chi connectivity index (χ3v) is 4.50. The molecule has 136 valence electrons. The highest BCUT2D eigenvalue weighted by Crippen LogP contribution is 2.25. The van der Waals surface area contributed by atoms with Crippen molar-refractivity contribution < 1.29 is 13.9 Å². The van der Waals surface area contributed by atoms with Gasteiger partial charge in [-0.2, -0.15) is 0 Å². The van der Waals surface area contributed by atoms with Crippen LogP contribution in [-0.4, -0.2) is 31.2 Å². The Bertz CT molecular complexity index is 862. The maximum Gasteiger partial charge on any atom is 0.226 e. The van der Waals surface area contributed by atoms with Crippen molar-refractivity contribution in [3.8, 4) is 23.0 Å². The van der Waals surface area contributed by atoms with Crippen molar-refractivity contribution in [2.24, 2.45) is 0 Å². The summed E-state index contributed by atoms with van der Waals surface area (Å²) in [4.78, 5) is 6.75. The van der Waals surface area contributed by atoms with Crippen LogP contribution in [-0.2, 0) is 13.1 Å². The van der Waals surface area contributed by atoms with Gasteiger partial charge in [-0.05, 0) is 49.5 Å². The van der Waals surface area contributed by atoms with Gasteiger partial charge in [-0.25, -0.2) is 4.98 Å². The summed E-state index contributed by atoms with van der Waals surface area (Å²) in [6.45, 7) is 1.42. The highest BCUT2D eigenvalue weighted by Gasteiger charge is 2.11. The molecule has 0 aliphatic carbocycles. The van der Waals surface area contributed by atoms with Gasteiger partial charge >= 0.3 is 0 Å². The van der Waals surface area contributed by atoms with Gasteiger partial charge in [0.25, 0.3) is 0 Å². The normalized spacial score (nSPS) is 11.0. The van der Waals surface area contributed by atoms with Gasteiger partial charge in [0, 0.05) is 28.7 Å². The Kier molecular flexibility index (Phi) is 5.96. The van der Waals surface area contributed by atoms with Crippen molar-refractivity contribution in [3.05, 3.63) is 64.5 Å². The molecule has 5 nitrogen and oxygen atoms in total. The molecule has 0 aliphatic rings. The molecular formula is C20H21BrN2O3. The lowest BCUT2D eigenvalue weighted by Gasteiger charge is -2.17. The minimum Gasteiger partial charge on any atom is -0.497 e. The molecule has 1 aromatic heterocycles. The first-order valence-corrected chi connectivity index (χ1v) is 8.98. The van der Waals surface area contributed by atoms with Crippen LogP contribution in [0.2, 0.25) is 0 Å². The number of benzene rings is 2. The lowest BCUT2D eigenvalue weighted by atomic mass is 10.2. The molecule has 2 aromatic carbocycles. The molecule has 6 heteroatoms. The van der Waals surface area contributed by atoms with Gasteiger partial charge in [-0.1, -0.05) is 15.9 Å². The molecule has 0 bridgehead atoms. The quantitative estimate of drug-likeness (QED) is 0.555. The molecule has 0 saturated carbocycles. The molecule has 0 saturated heterocycles. The highest BCUT2D eigenvalue weighted by molar-refractivity contribution is 9.10. The fourth-order valence-electron chi connectivity index (χ4n) is 2.74. The zero-order valence-electron chi connectivity index (χ0n) is 15.0. The Morgan fingerprint density at radius 2 is 1.81 bits per heavy atom. The Morgan fingerprint density at radius 1 is 1.04 bits per heavy atom. The van der Waals surface area contributed by atoms with E-state index >= 15 is 0 Å². The van der Waals surface area contributed by atoms with Crippen molar-refractivity contribution >= 4 is 15.9 Å².